The molecule has 0 bridgehead atoms. The Balaban J connectivity index is 1.30. The summed E-state index contributed by atoms with van der Waals surface area (Å²) >= 11 is 0. The fraction of sp³-hybridized carbons (Fsp3) is 0.258. The van der Waals surface area contributed by atoms with E-state index in [1.165, 1.54) is 7.05 Å². The zero-order chi connectivity index (χ0) is 28.1. The summed E-state index contributed by atoms with van der Waals surface area (Å²) in [5.74, 6) is 2.27. The van der Waals surface area contributed by atoms with Gasteiger partial charge in [0.05, 0.1) is 26.8 Å². The number of benzene rings is 3. The number of amides is 2. The van der Waals surface area contributed by atoms with Crippen LogP contribution in [0, 0.1) is 0 Å². The van der Waals surface area contributed by atoms with Crippen molar-refractivity contribution in [1.82, 2.24) is 14.9 Å². The molecule has 0 aliphatic carbocycles. The molecule has 1 fully saturated rings. The Morgan fingerprint density at radius 2 is 1.43 bits per heavy atom. The van der Waals surface area contributed by atoms with Crippen molar-refractivity contribution in [2.75, 3.05) is 34.4 Å². The molecule has 0 unspecified atom stereocenters. The number of piperidine rings is 1. The van der Waals surface area contributed by atoms with Crippen LogP contribution >= 0.6 is 0 Å². The van der Waals surface area contributed by atoms with Gasteiger partial charge in [-0.3, -0.25) is 0 Å². The quantitative estimate of drug-likeness (QED) is 0.275. The van der Waals surface area contributed by atoms with Gasteiger partial charge in [0, 0.05) is 30.1 Å². The van der Waals surface area contributed by atoms with Gasteiger partial charge in [-0.1, -0.05) is 18.2 Å². The first-order valence-electron chi connectivity index (χ1n) is 13.1. The molecule has 0 spiro atoms. The summed E-state index contributed by atoms with van der Waals surface area (Å²) in [5, 5.41) is 0.990. The number of aromatic nitrogens is 1. The molecule has 1 saturated heterocycles. The maximum Gasteiger partial charge on any atom is 0.363 e. The SMILES string of the molecule is COc1ccc(-c2nc(C3CCN(C(=O)N(C)OC(=O)c4ccccc4)CC3)oc2-c2ccc(OC)cc2)cc1. The van der Waals surface area contributed by atoms with Crippen LogP contribution in [0.1, 0.15) is 35.0 Å². The molecule has 40 heavy (non-hydrogen) atoms. The van der Waals surface area contributed by atoms with E-state index in [4.69, 9.17) is 23.7 Å². The van der Waals surface area contributed by atoms with E-state index in [1.54, 1.807) is 43.4 Å². The molecule has 0 saturated carbocycles. The highest BCUT2D eigenvalue weighted by Gasteiger charge is 2.31. The van der Waals surface area contributed by atoms with E-state index in [-0.39, 0.29) is 11.9 Å². The van der Waals surface area contributed by atoms with E-state index >= 15 is 0 Å². The molecule has 0 radical (unpaired) electrons. The predicted molar refractivity (Wildman–Crippen MR) is 149 cm³/mol. The van der Waals surface area contributed by atoms with Crippen molar-refractivity contribution in [3.63, 3.8) is 0 Å². The molecule has 0 N–H and O–H groups in total. The molecule has 1 aromatic heterocycles. The third-order valence-corrected chi connectivity index (χ3v) is 6.97. The smallest absolute Gasteiger partial charge is 0.363 e. The molecule has 0 atom stereocenters. The Hall–Kier alpha value is -4.79. The minimum Gasteiger partial charge on any atom is -0.497 e. The summed E-state index contributed by atoms with van der Waals surface area (Å²) in [6.07, 6.45) is 1.33. The normalized spacial score (nSPS) is 13.5. The van der Waals surface area contributed by atoms with Crippen LogP contribution in [-0.2, 0) is 4.84 Å². The number of hydroxylamine groups is 2. The first-order chi connectivity index (χ1) is 19.5. The van der Waals surface area contributed by atoms with Gasteiger partial charge in [0.15, 0.2) is 11.7 Å². The largest absolute Gasteiger partial charge is 0.497 e. The number of nitrogens with zero attached hydrogens (tertiary/aromatic N) is 3. The second kappa shape index (κ2) is 11.9. The number of hydrogen-bond donors (Lipinski definition) is 0. The summed E-state index contributed by atoms with van der Waals surface area (Å²) < 4.78 is 17.0. The van der Waals surface area contributed by atoms with Crippen LogP contribution in [0.25, 0.3) is 22.6 Å². The van der Waals surface area contributed by atoms with Gasteiger partial charge in [-0.15, -0.1) is 0 Å². The minimum absolute atomic E-state index is 0.0326. The van der Waals surface area contributed by atoms with Gasteiger partial charge in [-0.05, 0) is 73.5 Å². The van der Waals surface area contributed by atoms with Crippen molar-refractivity contribution in [2.24, 2.45) is 0 Å². The Morgan fingerprint density at radius 3 is 2.00 bits per heavy atom. The molecule has 3 aromatic carbocycles. The Morgan fingerprint density at radius 1 is 0.850 bits per heavy atom. The average molecular weight is 542 g/mol. The third-order valence-electron chi connectivity index (χ3n) is 6.97. The van der Waals surface area contributed by atoms with Gasteiger partial charge in [0.1, 0.15) is 17.2 Å². The Kier molecular flexibility index (Phi) is 8.00. The first-order valence-corrected chi connectivity index (χ1v) is 13.1. The molecule has 5 rings (SSSR count). The monoisotopic (exact) mass is 541 g/mol. The summed E-state index contributed by atoms with van der Waals surface area (Å²) in [5.41, 5.74) is 2.93. The zero-order valence-electron chi connectivity index (χ0n) is 22.7. The minimum atomic E-state index is -0.580. The van der Waals surface area contributed by atoms with E-state index < -0.39 is 5.97 Å². The fourth-order valence-corrected chi connectivity index (χ4v) is 4.70. The maximum absolute atomic E-state index is 13.0. The number of carbonyl (C=O) groups excluding carboxylic acids is 2. The van der Waals surface area contributed by atoms with Crippen LogP contribution in [0.5, 0.6) is 11.5 Å². The highest BCUT2D eigenvalue weighted by molar-refractivity contribution is 5.90. The molecule has 2 heterocycles. The fourth-order valence-electron chi connectivity index (χ4n) is 4.70. The number of carbonyl (C=O) groups is 2. The highest BCUT2D eigenvalue weighted by atomic mass is 16.7. The van der Waals surface area contributed by atoms with Crippen molar-refractivity contribution < 1.29 is 28.3 Å². The summed E-state index contributed by atoms with van der Waals surface area (Å²) in [6.45, 7) is 0.962. The summed E-state index contributed by atoms with van der Waals surface area (Å²) in [7, 11) is 4.71. The van der Waals surface area contributed by atoms with Gasteiger partial charge in [0.2, 0.25) is 0 Å². The van der Waals surface area contributed by atoms with Gasteiger partial charge in [-0.2, -0.15) is 5.06 Å². The van der Waals surface area contributed by atoms with Crippen LogP contribution in [0.15, 0.2) is 83.3 Å². The second-order valence-corrected chi connectivity index (χ2v) is 9.47. The molecule has 1 aliphatic heterocycles. The topological polar surface area (TPSA) is 94.3 Å². The zero-order valence-corrected chi connectivity index (χ0v) is 22.7. The Labute approximate surface area is 232 Å². The highest BCUT2D eigenvalue weighted by Crippen LogP contribution is 2.38. The molecule has 9 heteroatoms. The van der Waals surface area contributed by atoms with Crippen LogP contribution in [0.3, 0.4) is 0 Å². The van der Waals surface area contributed by atoms with Crippen molar-refractivity contribution in [1.29, 1.82) is 0 Å². The van der Waals surface area contributed by atoms with E-state index in [9.17, 15) is 9.59 Å². The number of methoxy groups -OCH3 is 2. The lowest BCUT2D eigenvalue weighted by molar-refractivity contribution is -0.0665. The lowest BCUT2D eigenvalue weighted by atomic mass is 9.97. The lowest BCUT2D eigenvalue weighted by Crippen LogP contribution is -2.45. The molecule has 4 aromatic rings. The lowest BCUT2D eigenvalue weighted by Gasteiger charge is -2.32. The molecule has 1 aliphatic rings. The van der Waals surface area contributed by atoms with Gasteiger partial charge in [-0.25, -0.2) is 14.6 Å². The van der Waals surface area contributed by atoms with Crippen molar-refractivity contribution in [3.8, 4) is 34.1 Å². The van der Waals surface area contributed by atoms with Crippen LogP contribution < -0.4 is 9.47 Å². The number of hydrogen-bond acceptors (Lipinski definition) is 7. The number of urea groups is 1. The van der Waals surface area contributed by atoms with E-state index in [1.807, 2.05) is 54.6 Å². The molecule has 9 nitrogen and oxygen atoms in total. The molecule has 2 amide bonds. The van der Waals surface area contributed by atoms with Crippen molar-refractivity contribution >= 4 is 12.0 Å². The van der Waals surface area contributed by atoms with Crippen molar-refractivity contribution in [3.05, 3.63) is 90.3 Å². The maximum atomic E-state index is 13.0. The third kappa shape index (κ3) is 5.78. The molecule has 206 valence electrons. The number of ether oxygens (including phenoxy) is 2. The summed E-state index contributed by atoms with van der Waals surface area (Å²) in [6, 6.07) is 23.6. The number of likely N-dealkylation sites (tertiary alicyclic amines) is 1. The van der Waals surface area contributed by atoms with Gasteiger partial charge < -0.3 is 23.6 Å². The number of rotatable bonds is 6. The van der Waals surface area contributed by atoms with E-state index in [0.717, 1.165) is 33.4 Å². The van der Waals surface area contributed by atoms with Crippen molar-refractivity contribution in [2.45, 2.75) is 18.8 Å². The van der Waals surface area contributed by atoms with Gasteiger partial charge >= 0.3 is 12.0 Å². The predicted octanol–water partition coefficient (Wildman–Crippen LogP) is 6.03. The standard InChI is InChI=1S/C31H31N3O6/c1-33(40-30(35)24-7-5-4-6-8-24)31(36)34-19-17-23(18-20-34)29-32-27(21-9-13-25(37-2)14-10-21)28(39-29)22-11-15-26(38-3)16-12-22/h4-16,23H,17-20H2,1-3H3. The Bertz CT molecular complexity index is 1380. The molecular formula is C31H31N3O6. The van der Waals surface area contributed by atoms with Crippen LogP contribution in [0.4, 0.5) is 4.79 Å². The summed E-state index contributed by atoms with van der Waals surface area (Å²) in [4.78, 5) is 37.2. The first kappa shape index (κ1) is 26.8. The average Bonchev–Trinajstić information content (AvgIpc) is 3.47. The van der Waals surface area contributed by atoms with Crippen LogP contribution in [0.2, 0.25) is 0 Å². The van der Waals surface area contributed by atoms with E-state index in [2.05, 4.69) is 0 Å². The second-order valence-electron chi connectivity index (χ2n) is 9.47. The van der Waals surface area contributed by atoms with Gasteiger partial charge in [0.25, 0.3) is 0 Å². The molecular weight excluding hydrogens is 510 g/mol. The number of oxazole rings is 1. The van der Waals surface area contributed by atoms with Crippen LogP contribution in [-0.4, -0.2) is 61.3 Å². The van der Waals surface area contributed by atoms with E-state index in [0.29, 0.717) is 43.1 Å².